The van der Waals surface area contributed by atoms with E-state index in [1.807, 2.05) is 30.3 Å². The molecule has 2 rings (SSSR count). The van der Waals surface area contributed by atoms with Gasteiger partial charge in [-0.2, -0.15) is 0 Å². The first-order valence-corrected chi connectivity index (χ1v) is 5.72. The van der Waals surface area contributed by atoms with E-state index in [2.05, 4.69) is 0 Å². The SMILES string of the molecule is O.O.O.O=C(O)C(Cc1ccc(O)cc1)c1ccccc1.[Na]. The van der Waals surface area contributed by atoms with Gasteiger partial charge in [-0.25, -0.2) is 0 Å². The minimum Gasteiger partial charge on any atom is -0.508 e. The number of phenols is 1. The summed E-state index contributed by atoms with van der Waals surface area (Å²) < 4.78 is 0. The topological polar surface area (TPSA) is 152 Å². The molecule has 7 heteroatoms. The molecule has 0 saturated carbocycles. The Kier molecular flexibility index (Phi) is 14.1. The molecular formula is C15H20NaO6. The molecule has 0 aromatic heterocycles. The maximum Gasteiger partial charge on any atom is 0.311 e. The number of hydrogen-bond acceptors (Lipinski definition) is 2. The molecular weight excluding hydrogens is 299 g/mol. The average Bonchev–Trinajstić information content (AvgIpc) is 2.38. The third-order valence-corrected chi connectivity index (χ3v) is 2.88. The van der Waals surface area contributed by atoms with Crippen LogP contribution in [0.5, 0.6) is 5.75 Å². The zero-order chi connectivity index (χ0) is 13.0. The fourth-order valence-corrected chi connectivity index (χ4v) is 1.90. The molecule has 1 atom stereocenters. The second-order valence-electron chi connectivity index (χ2n) is 4.17. The first-order chi connectivity index (χ1) is 8.66. The molecule has 0 heterocycles. The Labute approximate surface area is 150 Å². The monoisotopic (exact) mass is 319 g/mol. The van der Waals surface area contributed by atoms with Crippen molar-refractivity contribution < 1.29 is 31.4 Å². The summed E-state index contributed by atoms with van der Waals surface area (Å²) in [5.41, 5.74) is 1.68. The summed E-state index contributed by atoms with van der Waals surface area (Å²) >= 11 is 0. The molecule has 1 radical (unpaired) electrons. The van der Waals surface area contributed by atoms with Crippen LogP contribution in [0.2, 0.25) is 0 Å². The van der Waals surface area contributed by atoms with Gasteiger partial charge in [0.2, 0.25) is 0 Å². The second kappa shape index (κ2) is 12.2. The molecule has 0 amide bonds. The first-order valence-electron chi connectivity index (χ1n) is 5.72. The van der Waals surface area contributed by atoms with Crippen LogP contribution in [-0.4, -0.2) is 62.2 Å². The minimum atomic E-state index is -0.839. The van der Waals surface area contributed by atoms with Gasteiger partial charge in [-0.05, 0) is 29.7 Å². The van der Waals surface area contributed by atoms with Crippen LogP contribution in [0.25, 0.3) is 0 Å². The van der Waals surface area contributed by atoms with Crippen molar-refractivity contribution in [1.82, 2.24) is 0 Å². The van der Waals surface area contributed by atoms with Gasteiger partial charge in [0, 0.05) is 29.6 Å². The molecule has 0 spiro atoms. The van der Waals surface area contributed by atoms with E-state index in [0.29, 0.717) is 6.42 Å². The molecule has 0 aliphatic rings. The first kappa shape index (κ1) is 25.5. The smallest absolute Gasteiger partial charge is 0.311 e. The number of rotatable bonds is 4. The number of benzene rings is 2. The normalized spacial score (nSPS) is 9.82. The second-order valence-corrected chi connectivity index (χ2v) is 4.17. The number of carboxylic acid groups (broad SMARTS) is 1. The van der Waals surface area contributed by atoms with Crippen LogP contribution < -0.4 is 0 Å². The van der Waals surface area contributed by atoms with Gasteiger partial charge in [0.25, 0.3) is 0 Å². The number of phenolic OH excluding ortho intramolecular Hbond substituents is 1. The Hall–Kier alpha value is -1.41. The third kappa shape index (κ3) is 7.04. The Morgan fingerprint density at radius 1 is 0.909 bits per heavy atom. The van der Waals surface area contributed by atoms with Crippen LogP contribution in [0.3, 0.4) is 0 Å². The van der Waals surface area contributed by atoms with Crippen LogP contribution in [-0.2, 0) is 11.2 Å². The van der Waals surface area contributed by atoms with E-state index < -0.39 is 11.9 Å². The summed E-state index contributed by atoms with van der Waals surface area (Å²) in [6.07, 6.45) is 0.416. The van der Waals surface area contributed by atoms with Gasteiger partial charge < -0.3 is 26.6 Å². The number of carbonyl (C=O) groups is 1. The fraction of sp³-hybridized carbons (Fsp3) is 0.133. The predicted molar refractivity (Wildman–Crippen MR) is 85.2 cm³/mol. The molecule has 2 aromatic carbocycles. The van der Waals surface area contributed by atoms with E-state index in [4.69, 9.17) is 0 Å². The molecule has 0 aliphatic carbocycles. The largest absolute Gasteiger partial charge is 0.508 e. The van der Waals surface area contributed by atoms with Crippen molar-refractivity contribution in [1.29, 1.82) is 0 Å². The summed E-state index contributed by atoms with van der Waals surface area (Å²) in [6, 6.07) is 15.8. The zero-order valence-electron chi connectivity index (χ0n) is 12.3. The van der Waals surface area contributed by atoms with Crippen LogP contribution in [0.1, 0.15) is 17.0 Å². The average molecular weight is 319 g/mol. The maximum atomic E-state index is 11.3. The van der Waals surface area contributed by atoms with Crippen LogP contribution in [0, 0.1) is 0 Å². The number of hydrogen-bond donors (Lipinski definition) is 2. The van der Waals surface area contributed by atoms with Crippen molar-refractivity contribution in [2.75, 3.05) is 0 Å². The summed E-state index contributed by atoms with van der Waals surface area (Å²) in [5.74, 6) is -1.21. The number of aromatic hydroxyl groups is 1. The molecule has 6 nitrogen and oxygen atoms in total. The fourth-order valence-electron chi connectivity index (χ4n) is 1.90. The van der Waals surface area contributed by atoms with Gasteiger partial charge in [0.05, 0.1) is 5.92 Å². The van der Waals surface area contributed by atoms with Gasteiger partial charge >= 0.3 is 5.97 Å². The van der Waals surface area contributed by atoms with E-state index in [0.717, 1.165) is 11.1 Å². The summed E-state index contributed by atoms with van der Waals surface area (Å²) in [4.78, 5) is 11.3. The van der Waals surface area contributed by atoms with Gasteiger partial charge in [-0.1, -0.05) is 42.5 Å². The van der Waals surface area contributed by atoms with E-state index in [9.17, 15) is 15.0 Å². The van der Waals surface area contributed by atoms with Crippen LogP contribution >= 0.6 is 0 Å². The Morgan fingerprint density at radius 2 is 1.41 bits per heavy atom. The van der Waals surface area contributed by atoms with E-state index in [1.165, 1.54) is 0 Å². The van der Waals surface area contributed by atoms with Gasteiger partial charge in [-0.15, -0.1) is 0 Å². The Bertz CT molecular complexity index is 529. The van der Waals surface area contributed by atoms with Crippen LogP contribution in [0.4, 0.5) is 0 Å². The van der Waals surface area contributed by atoms with Crippen molar-refractivity contribution in [3.63, 3.8) is 0 Å². The van der Waals surface area contributed by atoms with Crippen molar-refractivity contribution in [2.45, 2.75) is 12.3 Å². The molecule has 0 bridgehead atoms. The van der Waals surface area contributed by atoms with E-state index in [-0.39, 0.29) is 51.7 Å². The van der Waals surface area contributed by atoms with Crippen molar-refractivity contribution in [3.05, 3.63) is 65.7 Å². The minimum absolute atomic E-state index is 0. The zero-order valence-corrected chi connectivity index (χ0v) is 14.3. The van der Waals surface area contributed by atoms with Crippen LogP contribution in [0.15, 0.2) is 54.6 Å². The summed E-state index contributed by atoms with van der Waals surface area (Å²) in [7, 11) is 0. The number of carboxylic acids is 1. The maximum absolute atomic E-state index is 11.3. The Balaban J connectivity index is -0.000000902. The standard InChI is InChI=1S/C15H14O3.Na.3H2O/c16-13-8-6-11(7-9-13)10-14(15(17)18)12-4-2-1-3-5-12;;;;/h1-9,14,16H,10H2,(H,17,18);;3*1H2. The van der Waals surface area contributed by atoms with E-state index in [1.54, 1.807) is 24.3 Å². The van der Waals surface area contributed by atoms with Gasteiger partial charge in [0.1, 0.15) is 5.75 Å². The molecule has 0 saturated heterocycles. The molecule has 117 valence electrons. The van der Waals surface area contributed by atoms with Gasteiger partial charge in [-0.3, -0.25) is 4.79 Å². The molecule has 0 aliphatic heterocycles. The summed E-state index contributed by atoms with van der Waals surface area (Å²) in [6.45, 7) is 0. The van der Waals surface area contributed by atoms with Crippen molar-refractivity contribution in [3.8, 4) is 5.75 Å². The third-order valence-electron chi connectivity index (χ3n) is 2.88. The van der Waals surface area contributed by atoms with Gasteiger partial charge in [0.15, 0.2) is 0 Å². The van der Waals surface area contributed by atoms with Crippen molar-refractivity contribution in [2.24, 2.45) is 0 Å². The predicted octanol–water partition coefficient (Wildman–Crippen LogP) is -0.0518. The Morgan fingerprint density at radius 3 is 1.86 bits per heavy atom. The molecule has 0 fully saturated rings. The molecule has 22 heavy (non-hydrogen) atoms. The molecule has 2 aromatic rings. The molecule has 1 unspecified atom stereocenters. The molecule has 8 N–H and O–H groups in total. The van der Waals surface area contributed by atoms with E-state index >= 15 is 0 Å². The summed E-state index contributed by atoms with van der Waals surface area (Å²) in [5, 5.41) is 18.5. The quantitative estimate of drug-likeness (QED) is 0.759. The number of aliphatic carboxylic acids is 1. The van der Waals surface area contributed by atoms with Crippen molar-refractivity contribution >= 4 is 35.5 Å².